The van der Waals surface area contributed by atoms with Crippen LogP contribution in [-0.2, 0) is 5.41 Å². The Bertz CT molecular complexity index is 3490. The van der Waals surface area contributed by atoms with E-state index in [0.717, 1.165) is 11.4 Å². The molecule has 4 aliphatic rings. The van der Waals surface area contributed by atoms with Crippen molar-refractivity contribution in [2.24, 2.45) is 0 Å². The second-order valence-corrected chi connectivity index (χ2v) is 17.5. The molecule has 0 radical (unpaired) electrons. The smallest absolute Gasteiger partial charge is 0.252 e. The first-order valence-corrected chi connectivity index (χ1v) is 22.4. The van der Waals surface area contributed by atoms with E-state index in [0.29, 0.717) is 0 Å². The lowest BCUT2D eigenvalue weighted by Gasteiger charge is -2.44. The zero-order chi connectivity index (χ0) is 41.9. The molecule has 14 rings (SSSR count). The standard InChI is InChI=1S/C61H39BN2/c1-3-17-40(18-4-1)42-21-15-22-44(37-42)64-58-32-16-31-57-60(58)62(55-36-33-43(38-59(55)64)41-19-5-2-6-20-41)54-29-13-14-30-56(54)63(57)45-34-35-53-49(39-45)48-25-9-12-28-52(48)61(53)50-26-10-7-23-46(50)47-24-8-11-27-51(47)61/h1-39H. The maximum atomic E-state index is 2.54. The van der Waals surface area contributed by atoms with Gasteiger partial charge in [-0.15, -0.1) is 0 Å². The Morgan fingerprint density at radius 2 is 0.750 bits per heavy atom. The fourth-order valence-corrected chi connectivity index (χ4v) is 11.9. The summed E-state index contributed by atoms with van der Waals surface area (Å²) < 4.78 is 0. The van der Waals surface area contributed by atoms with Gasteiger partial charge in [0.1, 0.15) is 0 Å². The van der Waals surface area contributed by atoms with Crippen molar-refractivity contribution in [3.05, 3.63) is 259 Å². The molecule has 0 atom stereocenters. The molecule has 2 aliphatic heterocycles. The van der Waals surface area contributed by atoms with Crippen molar-refractivity contribution >= 4 is 57.2 Å². The quantitative estimate of drug-likeness (QED) is 0.163. The molecule has 2 nitrogen and oxygen atoms in total. The third-order valence-corrected chi connectivity index (χ3v) is 14.5. The summed E-state index contributed by atoms with van der Waals surface area (Å²) in [6.07, 6.45) is 0. The van der Waals surface area contributed by atoms with Crippen molar-refractivity contribution in [3.8, 4) is 44.5 Å². The third kappa shape index (κ3) is 4.76. The largest absolute Gasteiger partial charge is 0.311 e. The number of para-hydroxylation sites is 1. The zero-order valence-corrected chi connectivity index (χ0v) is 35.0. The lowest BCUT2D eigenvalue weighted by atomic mass is 9.33. The van der Waals surface area contributed by atoms with Crippen LogP contribution in [0.1, 0.15) is 22.3 Å². The van der Waals surface area contributed by atoms with Crippen molar-refractivity contribution in [1.82, 2.24) is 0 Å². The minimum Gasteiger partial charge on any atom is -0.311 e. The number of fused-ring (bicyclic) bond motifs is 14. The molecule has 1 spiro atoms. The molecule has 0 N–H and O–H groups in total. The molecule has 0 saturated heterocycles. The van der Waals surface area contributed by atoms with Gasteiger partial charge in [0.2, 0.25) is 0 Å². The number of hydrogen-bond donors (Lipinski definition) is 0. The molecule has 3 heteroatoms. The highest BCUT2D eigenvalue weighted by Gasteiger charge is 2.52. The fraction of sp³-hybridized carbons (Fsp3) is 0.0164. The van der Waals surface area contributed by atoms with Crippen LogP contribution in [0.25, 0.3) is 44.5 Å². The van der Waals surface area contributed by atoms with Gasteiger partial charge in [-0.2, -0.15) is 0 Å². The highest BCUT2D eigenvalue weighted by Crippen LogP contribution is 2.63. The molecule has 2 aliphatic carbocycles. The number of hydrogen-bond acceptors (Lipinski definition) is 2. The topological polar surface area (TPSA) is 6.48 Å². The minimum atomic E-state index is -0.383. The van der Waals surface area contributed by atoms with Crippen molar-refractivity contribution in [3.63, 3.8) is 0 Å². The van der Waals surface area contributed by atoms with Gasteiger partial charge in [-0.05, 0) is 132 Å². The van der Waals surface area contributed by atoms with Crippen molar-refractivity contribution in [1.29, 1.82) is 0 Å². The molecule has 10 aromatic carbocycles. The van der Waals surface area contributed by atoms with Crippen LogP contribution in [0.15, 0.2) is 237 Å². The van der Waals surface area contributed by atoms with Crippen LogP contribution in [0.5, 0.6) is 0 Å². The van der Waals surface area contributed by atoms with Gasteiger partial charge in [-0.1, -0.05) is 188 Å². The highest BCUT2D eigenvalue weighted by atomic mass is 15.2. The molecule has 0 aromatic heterocycles. The lowest BCUT2D eigenvalue weighted by Crippen LogP contribution is -2.61. The van der Waals surface area contributed by atoms with Gasteiger partial charge in [0.15, 0.2) is 0 Å². The maximum absolute atomic E-state index is 2.54. The number of anilines is 6. The summed E-state index contributed by atoms with van der Waals surface area (Å²) in [5.74, 6) is 0. The third-order valence-electron chi connectivity index (χ3n) is 14.5. The highest BCUT2D eigenvalue weighted by molar-refractivity contribution is 7.00. The SMILES string of the molecule is c1ccc(-c2cccc(N3c4cc(-c5ccccc5)ccc4B4c5ccccc5N(c5ccc6c(c5)-c5ccccc5C65c6ccccc6-c6ccccc65)c5cccc3c54)c2)cc1. The molecule has 0 saturated carbocycles. The van der Waals surface area contributed by atoms with Gasteiger partial charge in [0.25, 0.3) is 6.71 Å². The van der Waals surface area contributed by atoms with Gasteiger partial charge in [0.05, 0.1) is 5.41 Å². The Morgan fingerprint density at radius 1 is 0.281 bits per heavy atom. The van der Waals surface area contributed by atoms with Crippen LogP contribution < -0.4 is 26.2 Å². The molecule has 2 heterocycles. The van der Waals surface area contributed by atoms with Crippen molar-refractivity contribution in [2.75, 3.05) is 9.80 Å². The average Bonchev–Trinajstić information content (AvgIpc) is 3.84. The summed E-state index contributed by atoms with van der Waals surface area (Å²) in [5.41, 5.74) is 26.2. The van der Waals surface area contributed by atoms with Crippen LogP contribution in [0.3, 0.4) is 0 Å². The predicted molar refractivity (Wildman–Crippen MR) is 268 cm³/mol. The normalized spacial score (nSPS) is 14.0. The molecule has 296 valence electrons. The van der Waals surface area contributed by atoms with Gasteiger partial charge in [-0.3, -0.25) is 0 Å². The summed E-state index contributed by atoms with van der Waals surface area (Å²) in [6.45, 7) is 0.0388. The number of nitrogens with zero attached hydrogens (tertiary/aromatic N) is 2. The van der Waals surface area contributed by atoms with E-state index in [9.17, 15) is 0 Å². The zero-order valence-electron chi connectivity index (χ0n) is 35.0. The lowest BCUT2D eigenvalue weighted by molar-refractivity contribution is 0.794. The monoisotopic (exact) mass is 810 g/mol. The first kappa shape index (κ1) is 35.5. The van der Waals surface area contributed by atoms with E-state index >= 15 is 0 Å². The first-order valence-electron chi connectivity index (χ1n) is 22.4. The molecule has 0 fully saturated rings. The molecule has 0 amide bonds. The summed E-state index contributed by atoms with van der Waals surface area (Å²) in [4.78, 5) is 5.06. The summed E-state index contributed by atoms with van der Waals surface area (Å²) in [7, 11) is 0. The molecular weight excluding hydrogens is 771 g/mol. The molecule has 0 unspecified atom stereocenters. The minimum absolute atomic E-state index is 0.0388. The van der Waals surface area contributed by atoms with Gasteiger partial charge in [-0.25, -0.2) is 0 Å². The fourth-order valence-electron chi connectivity index (χ4n) is 11.9. The Hall–Kier alpha value is -8.14. The first-order chi connectivity index (χ1) is 31.8. The van der Waals surface area contributed by atoms with Crippen LogP contribution >= 0.6 is 0 Å². The Kier molecular flexibility index (Phi) is 7.44. The Labute approximate surface area is 374 Å². The van der Waals surface area contributed by atoms with E-state index in [4.69, 9.17) is 0 Å². The van der Waals surface area contributed by atoms with E-state index in [-0.39, 0.29) is 12.1 Å². The van der Waals surface area contributed by atoms with E-state index in [1.165, 1.54) is 106 Å². The average molecular weight is 811 g/mol. The van der Waals surface area contributed by atoms with E-state index in [2.05, 4.69) is 246 Å². The Morgan fingerprint density at radius 3 is 1.42 bits per heavy atom. The Balaban J connectivity index is 0.999. The van der Waals surface area contributed by atoms with Crippen LogP contribution in [-0.4, -0.2) is 6.71 Å². The van der Waals surface area contributed by atoms with Crippen LogP contribution in [0.4, 0.5) is 34.1 Å². The maximum Gasteiger partial charge on any atom is 0.252 e. The summed E-state index contributed by atoms with van der Waals surface area (Å²) in [5, 5.41) is 0. The van der Waals surface area contributed by atoms with Gasteiger partial charge < -0.3 is 9.80 Å². The van der Waals surface area contributed by atoms with Crippen LogP contribution in [0, 0.1) is 0 Å². The van der Waals surface area contributed by atoms with Gasteiger partial charge >= 0.3 is 0 Å². The molecule has 64 heavy (non-hydrogen) atoms. The van der Waals surface area contributed by atoms with Crippen LogP contribution in [0.2, 0.25) is 0 Å². The number of benzene rings is 10. The van der Waals surface area contributed by atoms with Gasteiger partial charge in [0, 0.05) is 34.1 Å². The van der Waals surface area contributed by atoms with E-state index in [1.807, 2.05) is 0 Å². The van der Waals surface area contributed by atoms with Crippen molar-refractivity contribution < 1.29 is 0 Å². The second-order valence-electron chi connectivity index (χ2n) is 17.5. The summed E-state index contributed by atoms with van der Waals surface area (Å²) in [6, 6.07) is 88.3. The molecule has 10 aromatic rings. The number of rotatable bonds is 4. The van der Waals surface area contributed by atoms with Crippen molar-refractivity contribution in [2.45, 2.75) is 5.41 Å². The summed E-state index contributed by atoms with van der Waals surface area (Å²) >= 11 is 0. The molecule has 0 bridgehead atoms. The predicted octanol–water partition coefficient (Wildman–Crippen LogP) is 13.4. The molecular formula is C61H39BN2. The van der Waals surface area contributed by atoms with E-state index in [1.54, 1.807) is 0 Å². The second kappa shape index (κ2) is 13.4. The van der Waals surface area contributed by atoms with E-state index < -0.39 is 0 Å².